The van der Waals surface area contributed by atoms with Crippen molar-refractivity contribution in [1.82, 2.24) is 0 Å². The first-order chi connectivity index (χ1) is 4.00. The van der Waals surface area contributed by atoms with Crippen molar-refractivity contribution in [3.05, 3.63) is 12.7 Å². The Labute approximate surface area is 53.0 Å². The number of nitrogens with two attached hydrogens (primary N) is 3. The SMILES string of the molecule is C=CC(N)=O.N=C(N)N. The summed E-state index contributed by atoms with van der Waals surface area (Å²) in [6.45, 7) is 3.09. The van der Waals surface area contributed by atoms with Crippen molar-refractivity contribution in [2.75, 3.05) is 0 Å². The molecule has 0 bridgehead atoms. The van der Waals surface area contributed by atoms with Gasteiger partial charge in [0.25, 0.3) is 0 Å². The molecule has 9 heavy (non-hydrogen) atoms. The predicted octanol–water partition coefficient (Wildman–Crippen LogP) is -1.50. The van der Waals surface area contributed by atoms with E-state index in [9.17, 15) is 4.79 Å². The summed E-state index contributed by atoms with van der Waals surface area (Å²) in [5.41, 5.74) is 13.5. The summed E-state index contributed by atoms with van der Waals surface area (Å²) in [7, 11) is 0. The van der Waals surface area contributed by atoms with E-state index in [-0.39, 0.29) is 5.96 Å². The molecule has 5 heteroatoms. The van der Waals surface area contributed by atoms with Gasteiger partial charge in [-0.3, -0.25) is 10.2 Å². The van der Waals surface area contributed by atoms with Crippen molar-refractivity contribution < 1.29 is 4.79 Å². The van der Waals surface area contributed by atoms with Gasteiger partial charge in [-0.05, 0) is 6.08 Å². The van der Waals surface area contributed by atoms with Crippen molar-refractivity contribution in [3.63, 3.8) is 0 Å². The number of primary amides is 1. The van der Waals surface area contributed by atoms with Crippen molar-refractivity contribution in [2.45, 2.75) is 0 Å². The molecule has 0 spiro atoms. The lowest BCUT2D eigenvalue weighted by Crippen LogP contribution is -2.20. The third-order valence-electron chi connectivity index (χ3n) is 0.201. The van der Waals surface area contributed by atoms with Gasteiger partial charge in [-0.2, -0.15) is 0 Å². The highest BCUT2D eigenvalue weighted by molar-refractivity contribution is 5.84. The summed E-state index contributed by atoms with van der Waals surface area (Å²) in [6, 6.07) is 0. The van der Waals surface area contributed by atoms with E-state index in [4.69, 9.17) is 5.41 Å². The lowest BCUT2D eigenvalue weighted by Gasteiger charge is -1.69. The number of nitrogens with one attached hydrogen (secondary N) is 1. The Morgan fingerprint density at radius 2 is 1.56 bits per heavy atom. The number of hydrogen-bond acceptors (Lipinski definition) is 2. The molecule has 0 aliphatic heterocycles. The van der Waals surface area contributed by atoms with E-state index in [1.807, 2.05) is 0 Å². The van der Waals surface area contributed by atoms with E-state index in [0.29, 0.717) is 0 Å². The van der Waals surface area contributed by atoms with Gasteiger partial charge in [0, 0.05) is 0 Å². The first-order valence-corrected chi connectivity index (χ1v) is 2.02. The average Bonchev–Trinajstić information content (AvgIpc) is 1.65. The van der Waals surface area contributed by atoms with Crippen LogP contribution in [0.3, 0.4) is 0 Å². The Hall–Kier alpha value is -1.52. The molecule has 0 aromatic rings. The minimum atomic E-state index is -0.481. The van der Waals surface area contributed by atoms with Crippen LogP contribution in [-0.2, 0) is 4.79 Å². The highest BCUT2D eigenvalue weighted by Crippen LogP contribution is 1.48. The Morgan fingerprint density at radius 3 is 1.56 bits per heavy atom. The van der Waals surface area contributed by atoms with E-state index in [2.05, 4.69) is 23.8 Å². The molecule has 5 nitrogen and oxygen atoms in total. The van der Waals surface area contributed by atoms with E-state index >= 15 is 0 Å². The molecular weight excluding hydrogens is 120 g/mol. The fraction of sp³-hybridized carbons (Fsp3) is 0. The number of carbonyl (C=O) groups excluding carboxylic acids is 1. The minimum Gasteiger partial charge on any atom is -0.370 e. The van der Waals surface area contributed by atoms with Crippen LogP contribution in [-0.4, -0.2) is 11.9 Å². The lowest BCUT2D eigenvalue weighted by atomic mass is 10.6. The van der Waals surface area contributed by atoms with Crippen LogP contribution < -0.4 is 17.2 Å². The molecule has 1 amide bonds. The number of carbonyl (C=O) groups is 1. The van der Waals surface area contributed by atoms with Crippen LogP contribution >= 0.6 is 0 Å². The van der Waals surface area contributed by atoms with Crippen molar-refractivity contribution in [2.24, 2.45) is 17.2 Å². The van der Waals surface area contributed by atoms with Gasteiger partial charge in [-0.25, -0.2) is 0 Å². The molecule has 0 saturated heterocycles. The zero-order chi connectivity index (χ0) is 7.86. The Morgan fingerprint density at radius 1 is 1.44 bits per heavy atom. The summed E-state index contributed by atoms with van der Waals surface area (Å²) in [6.07, 6.45) is 1.06. The van der Waals surface area contributed by atoms with Crippen LogP contribution in [0, 0.1) is 5.41 Å². The van der Waals surface area contributed by atoms with Gasteiger partial charge in [-0.15, -0.1) is 0 Å². The fourth-order valence-electron chi connectivity index (χ4n) is 0. The normalized spacial score (nSPS) is 6.22. The molecule has 0 unspecified atom stereocenters. The Balaban J connectivity index is 0. The molecule has 0 fully saturated rings. The smallest absolute Gasteiger partial charge is 0.240 e. The second-order valence-corrected chi connectivity index (χ2v) is 1.06. The van der Waals surface area contributed by atoms with Gasteiger partial charge in [0.05, 0.1) is 0 Å². The standard InChI is InChI=1S/C3H5NO.CH5N3/c1-2-3(4)5;2-1(3)4/h2H,1H2,(H2,4,5);(H5,2,3,4). The molecule has 0 aromatic heterocycles. The maximum Gasteiger partial charge on any atom is 0.240 e. The number of amides is 1. The maximum atomic E-state index is 9.47. The van der Waals surface area contributed by atoms with Gasteiger partial charge >= 0.3 is 0 Å². The summed E-state index contributed by atoms with van der Waals surface area (Å²) in [5, 5.41) is 6.06. The molecule has 52 valence electrons. The molecule has 0 heterocycles. The van der Waals surface area contributed by atoms with Crippen molar-refractivity contribution in [1.29, 1.82) is 5.41 Å². The van der Waals surface area contributed by atoms with Crippen LogP contribution in [0.1, 0.15) is 0 Å². The second-order valence-electron chi connectivity index (χ2n) is 1.06. The van der Waals surface area contributed by atoms with Crippen LogP contribution in [0.5, 0.6) is 0 Å². The molecule has 0 atom stereocenters. The first kappa shape index (κ1) is 10.5. The van der Waals surface area contributed by atoms with Gasteiger partial charge in [-0.1, -0.05) is 6.58 Å². The van der Waals surface area contributed by atoms with Crippen LogP contribution in [0.2, 0.25) is 0 Å². The van der Waals surface area contributed by atoms with E-state index in [1.54, 1.807) is 0 Å². The monoisotopic (exact) mass is 130 g/mol. The maximum absolute atomic E-state index is 9.47. The molecule has 0 radical (unpaired) electrons. The molecule has 0 rings (SSSR count). The van der Waals surface area contributed by atoms with Gasteiger partial charge in [0.2, 0.25) is 5.91 Å². The van der Waals surface area contributed by atoms with Crippen LogP contribution in [0.4, 0.5) is 0 Å². The number of guanidine groups is 1. The van der Waals surface area contributed by atoms with Crippen LogP contribution in [0.25, 0.3) is 0 Å². The summed E-state index contributed by atoms with van der Waals surface area (Å²) >= 11 is 0. The second kappa shape index (κ2) is 6.48. The lowest BCUT2D eigenvalue weighted by molar-refractivity contribution is -0.113. The highest BCUT2D eigenvalue weighted by Gasteiger charge is 1.69. The summed E-state index contributed by atoms with van der Waals surface area (Å²) in [5.74, 6) is -0.815. The molecule has 7 N–H and O–H groups in total. The molecule has 0 aromatic carbocycles. The zero-order valence-electron chi connectivity index (χ0n) is 4.92. The third kappa shape index (κ3) is 564. The first-order valence-electron chi connectivity index (χ1n) is 2.02. The van der Waals surface area contributed by atoms with E-state index < -0.39 is 5.91 Å². The molecule has 0 aliphatic rings. The third-order valence-corrected chi connectivity index (χ3v) is 0.201. The average molecular weight is 130 g/mol. The van der Waals surface area contributed by atoms with Gasteiger partial charge in [0.1, 0.15) is 0 Å². The van der Waals surface area contributed by atoms with E-state index in [0.717, 1.165) is 6.08 Å². The number of rotatable bonds is 1. The molecular formula is C4H10N4O. The van der Waals surface area contributed by atoms with E-state index in [1.165, 1.54) is 0 Å². The quantitative estimate of drug-likeness (QED) is 0.196. The van der Waals surface area contributed by atoms with Gasteiger partial charge in [0.15, 0.2) is 5.96 Å². The number of hydrogen-bond donors (Lipinski definition) is 4. The summed E-state index contributed by atoms with van der Waals surface area (Å²) < 4.78 is 0. The molecule has 0 saturated carbocycles. The zero-order valence-corrected chi connectivity index (χ0v) is 4.92. The van der Waals surface area contributed by atoms with Crippen LogP contribution in [0.15, 0.2) is 12.7 Å². The topological polar surface area (TPSA) is 119 Å². The van der Waals surface area contributed by atoms with Crippen molar-refractivity contribution in [3.8, 4) is 0 Å². The highest BCUT2D eigenvalue weighted by atomic mass is 16.1. The fourth-order valence-corrected chi connectivity index (χ4v) is 0. The largest absolute Gasteiger partial charge is 0.370 e. The van der Waals surface area contributed by atoms with Crippen molar-refractivity contribution >= 4 is 11.9 Å². The predicted molar refractivity (Wildman–Crippen MR) is 35.5 cm³/mol. The Kier molecular flexibility index (Phi) is 7.53. The van der Waals surface area contributed by atoms with Gasteiger partial charge < -0.3 is 17.2 Å². The summed E-state index contributed by atoms with van der Waals surface area (Å²) in [4.78, 5) is 9.47. The Bertz CT molecular complexity index is 116. The molecule has 0 aliphatic carbocycles. The minimum absolute atomic E-state index is 0.333.